The Balaban J connectivity index is 1.37. The standard InChI is InChI=1S/C24H29N3O4S/c1-17-24(18(2)31-25-17)32(28,29)26-21-11-13-27(14-12-21)16-19-7-6-8-20(15-19)22-9-4-5-10-23(22)30-3/h4-10,15,21H,11-14,16H2,1-3H3,(H-,26,28,29). The van der Waals surface area contributed by atoms with E-state index in [1.54, 1.807) is 21.0 Å². The number of nitrogens with zero attached hydrogens (tertiary/aromatic N) is 2. The van der Waals surface area contributed by atoms with Gasteiger partial charge < -0.3 is 13.8 Å². The molecule has 2 aromatic carbocycles. The lowest BCUT2D eigenvalue weighted by molar-refractivity contribution is 0.198. The molecule has 0 radical (unpaired) electrons. The largest absolute Gasteiger partial charge is 0.593 e. The molecule has 0 aliphatic carbocycles. The van der Waals surface area contributed by atoms with Crippen molar-refractivity contribution in [2.45, 2.75) is 44.2 Å². The fraction of sp³-hybridized carbons (Fsp3) is 0.375. The summed E-state index contributed by atoms with van der Waals surface area (Å²) in [6.07, 6.45) is 1.52. The predicted molar refractivity (Wildman–Crippen MR) is 123 cm³/mol. The van der Waals surface area contributed by atoms with Gasteiger partial charge in [0.25, 0.3) is 0 Å². The number of rotatable bonds is 7. The van der Waals surface area contributed by atoms with E-state index in [2.05, 4.69) is 45.1 Å². The van der Waals surface area contributed by atoms with Crippen molar-refractivity contribution >= 4 is 10.4 Å². The first-order valence-corrected chi connectivity index (χ1v) is 12.3. The number of hydrogen-bond donors (Lipinski definition) is 1. The summed E-state index contributed by atoms with van der Waals surface area (Å²) < 4.78 is 38.9. The van der Waals surface area contributed by atoms with Crippen molar-refractivity contribution in [1.82, 2.24) is 14.8 Å². The molecule has 0 amide bonds. The summed E-state index contributed by atoms with van der Waals surface area (Å²) in [5.41, 5.74) is 3.82. The number of ether oxygens (including phenoxy) is 1. The Morgan fingerprint density at radius 3 is 2.62 bits per heavy atom. The second kappa shape index (κ2) is 9.54. The molecule has 1 fully saturated rings. The maximum atomic E-state index is 12.8. The van der Waals surface area contributed by atoms with Crippen molar-refractivity contribution < 1.29 is 18.0 Å². The number of methoxy groups -OCH3 is 1. The molecule has 1 N–H and O–H groups in total. The average Bonchev–Trinajstić information content (AvgIpc) is 3.14. The van der Waals surface area contributed by atoms with Gasteiger partial charge in [0, 0.05) is 32.1 Å². The SMILES string of the molecule is COc1ccccc1-c1cccc(CN2CCC(N[S+](=O)([O-])c3c(C)noc3C)CC2)c1. The van der Waals surface area contributed by atoms with E-state index in [1.807, 2.05) is 18.2 Å². The molecule has 1 aromatic heterocycles. The number of benzene rings is 2. The number of piperidine rings is 1. The highest BCUT2D eigenvalue weighted by atomic mass is 32.3. The van der Waals surface area contributed by atoms with Gasteiger partial charge in [-0.1, -0.05) is 45.8 Å². The van der Waals surface area contributed by atoms with E-state index in [9.17, 15) is 8.76 Å². The lowest BCUT2D eigenvalue weighted by atomic mass is 10.0. The maximum absolute atomic E-state index is 12.8. The van der Waals surface area contributed by atoms with E-state index in [-0.39, 0.29) is 10.9 Å². The minimum atomic E-state index is -3.63. The topological polar surface area (TPSA) is 90.7 Å². The molecule has 0 bridgehead atoms. The molecule has 1 aliphatic heterocycles. The van der Waals surface area contributed by atoms with Gasteiger partial charge in [0.1, 0.15) is 11.4 Å². The molecule has 1 unspecified atom stereocenters. The van der Waals surface area contributed by atoms with Gasteiger partial charge in [0.15, 0.2) is 16.2 Å². The van der Waals surface area contributed by atoms with Crippen molar-refractivity contribution in [3.05, 3.63) is 65.5 Å². The van der Waals surface area contributed by atoms with Gasteiger partial charge in [0.05, 0.1) is 13.2 Å². The first kappa shape index (κ1) is 22.7. The number of aromatic nitrogens is 1. The monoisotopic (exact) mass is 455 g/mol. The van der Waals surface area contributed by atoms with E-state index in [0.717, 1.165) is 49.4 Å². The zero-order valence-corrected chi connectivity index (χ0v) is 19.5. The van der Waals surface area contributed by atoms with Gasteiger partial charge in [0.2, 0.25) is 4.90 Å². The van der Waals surface area contributed by atoms with Crippen LogP contribution >= 0.6 is 0 Å². The highest BCUT2D eigenvalue weighted by Crippen LogP contribution is 2.30. The Morgan fingerprint density at radius 2 is 1.94 bits per heavy atom. The number of para-hydroxylation sites is 1. The molecule has 1 atom stereocenters. The van der Waals surface area contributed by atoms with Crippen LogP contribution in [0.15, 0.2) is 57.9 Å². The average molecular weight is 456 g/mol. The van der Waals surface area contributed by atoms with Gasteiger partial charge in [-0.25, -0.2) is 0 Å². The predicted octanol–water partition coefficient (Wildman–Crippen LogP) is 4.13. The molecule has 8 heteroatoms. The molecule has 3 aromatic rings. The fourth-order valence-electron chi connectivity index (χ4n) is 4.32. The second-order valence-corrected chi connectivity index (χ2v) is 9.88. The third-order valence-electron chi connectivity index (χ3n) is 5.90. The molecule has 0 spiro atoms. The molecule has 1 saturated heterocycles. The lowest BCUT2D eigenvalue weighted by Gasteiger charge is -2.32. The fourth-order valence-corrected chi connectivity index (χ4v) is 5.96. The number of likely N-dealkylation sites (tertiary alicyclic amines) is 1. The van der Waals surface area contributed by atoms with Gasteiger partial charge in [-0.05, 0) is 43.0 Å². The number of aryl methyl sites for hydroxylation is 2. The van der Waals surface area contributed by atoms with Crippen LogP contribution in [0.4, 0.5) is 0 Å². The van der Waals surface area contributed by atoms with Crippen LogP contribution in [0.1, 0.15) is 29.9 Å². The smallest absolute Gasteiger partial charge is 0.240 e. The van der Waals surface area contributed by atoms with Crippen LogP contribution in [-0.2, 0) is 21.2 Å². The summed E-state index contributed by atoms with van der Waals surface area (Å²) in [6.45, 7) is 5.75. The van der Waals surface area contributed by atoms with E-state index < -0.39 is 10.4 Å². The van der Waals surface area contributed by atoms with Crippen molar-refractivity contribution in [3.8, 4) is 16.9 Å². The van der Waals surface area contributed by atoms with Gasteiger partial charge >= 0.3 is 0 Å². The lowest BCUT2D eigenvalue weighted by Crippen LogP contribution is -2.46. The third-order valence-corrected chi connectivity index (χ3v) is 7.66. The Morgan fingerprint density at radius 1 is 1.19 bits per heavy atom. The van der Waals surface area contributed by atoms with Crippen molar-refractivity contribution in [3.63, 3.8) is 0 Å². The maximum Gasteiger partial charge on any atom is 0.240 e. The summed E-state index contributed by atoms with van der Waals surface area (Å²) >= 11 is 0. The van der Waals surface area contributed by atoms with Crippen molar-refractivity contribution in [2.24, 2.45) is 0 Å². The number of nitrogens with one attached hydrogen (secondary N) is 1. The zero-order chi connectivity index (χ0) is 22.7. The molecule has 0 saturated carbocycles. The van der Waals surface area contributed by atoms with Crippen LogP contribution in [0.5, 0.6) is 5.75 Å². The molecule has 4 rings (SSSR count). The zero-order valence-electron chi connectivity index (χ0n) is 18.7. The minimum absolute atomic E-state index is 0.0927. The highest BCUT2D eigenvalue weighted by molar-refractivity contribution is 7.95. The van der Waals surface area contributed by atoms with Crippen LogP contribution in [0.25, 0.3) is 11.1 Å². The quantitative estimate of drug-likeness (QED) is 0.539. The van der Waals surface area contributed by atoms with E-state index in [1.165, 1.54) is 5.56 Å². The van der Waals surface area contributed by atoms with Gasteiger partial charge in [-0.2, -0.15) is 0 Å². The Hall–Kier alpha value is -2.52. The Kier molecular flexibility index (Phi) is 6.76. The first-order chi connectivity index (χ1) is 15.4. The molecule has 7 nitrogen and oxygen atoms in total. The number of hydrogen-bond acceptors (Lipinski definition) is 6. The van der Waals surface area contributed by atoms with E-state index in [0.29, 0.717) is 11.5 Å². The van der Waals surface area contributed by atoms with E-state index >= 15 is 0 Å². The summed E-state index contributed by atoms with van der Waals surface area (Å²) in [5, 5.41) is 3.76. The molecule has 1 aliphatic rings. The van der Waals surface area contributed by atoms with Gasteiger partial charge in [-0.15, -0.1) is 4.72 Å². The highest BCUT2D eigenvalue weighted by Gasteiger charge is 2.33. The molecular formula is C24H29N3O4S. The first-order valence-electron chi connectivity index (χ1n) is 10.8. The van der Waals surface area contributed by atoms with Crippen LogP contribution in [-0.4, -0.2) is 40.9 Å². The molecule has 32 heavy (non-hydrogen) atoms. The molecule has 170 valence electrons. The molecule has 2 heterocycles. The Bertz CT molecular complexity index is 1100. The molecular weight excluding hydrogens is 426 g/mol. The van der Waals surface area contributed by atoms with Crippen molar-refractivity contribution in [2.75, 3.05) is 20.2 Å². The third kappa shape index (κ3) is 4.94. The summed E-state index contributed by atoms with van der Waals surface area (Å²) in [5.74, 6) is 1.18. The number of sulfonamides is 1. The normalized spacial score (nSPS) is 17.2. The minimum Gasteiger partial charge on any atom is -0.593 e. The summed E-state index contributed by atoms with van der Waals surface area (Å²) in [7, 11) is -1.95. The summed E-state index contributed by atoms with van der Waals surface area (Å²) in [6, 6.07) is 16.4. The van der Waals surface area contributed by atoms with E-state index in [4.69, 9.17) is 9.26 Å². The second-order valence-electron chi connectivity index (χ2n) is 8.23. The summed E-state index contributed by atoms with van der Waals surface area (Å²) in [4.78, 5) is 2.52. The van der Waals surface area contributed by atoms with Crippen molar-refractivity contribution in [1.29, 1.82) is 0 Å². The van der Waals surface area contributed by atoms with Crippen LogP contribution in [0.2, 0.25) is 0 Å². The van der Waals surface area contributed by atoms with Crippen LogP contribution in [0, 0.1) is 13.8 Å². The Labute approximate surface area is 190 Å². The van der Waals surface area contributed by atoms with Gasteiger partial charge in [-0.3, -0.25) is 4.90 Å². The van der Waals surface area contributed by atoms with Crippen LogP contribution in [0.3, 0.4) is 0 Å². The van der Waals surface area contributed by atoms with Crippen LogP contribution < -0.4 is 9.46 Å².